The number of thiophene rings is 1. The van der Waals surface area contributed by atoms with Crippen LogP contribution in [0.4, 0.5) is 0 Å². The Morgan fingerprint density at radius 2 is 1.72 bits per heavy atom. The maximum Gasteiger partial charge on any atom is 0.261 e. The van der Waals surface area contributed by atoms with Gasteiger partial charge in [0.05, 0.1) is 17.7 Å². The van der Waals surface area contributed by atoms with Gasteiger partial charge in [-0.2, -0.15) is 0 Å². The third-order valence-electron chi connectivity index (χ3n) is 5.05. The predicted molar refractivity (Wildman–Crippen MR) is 138 cm³/mol. The summed E-state index contributed by atoms with van der Waals surface area (Å²) in [6.07, 6.45) is -0.705. The van der Waals surface area contributed by atoms with Crippen molar-refractivity contribution < 1.29 is 14.7 Å². The van der Waals surface area contributed by atoms with Crippen molar-refractivity contribution in [3.63, 3.8) is 0 Å². The predicted octanol–water partition coefficient (Wildman–Crippen LogP) is 3.40. The minimum absolute atomic E-state index is 0. The summed E-state index contributed by atoms with van der Waals surface area (Å²) < 4.78 is 1.13. The van der Waals surface area contributed by atoms with E-state index in [9.17, 15) is 14.7 Å². The van der Waals surface area contributed by atoms with Crippen LogP contribution in [-0.4, -0.2) is 54.0 Å². The number of halogens is 1. The third kappa shape index (κ3) is 5.11. The summed E-state index contributed by atoms with van der Waals surface area (Å²) in [7, 11) is 0. The molecule has 0 radical (unpaired) electrons. The van der Waals surface area contributed by atoms with Gasteiger partial charge in [0, 0.05) is 29.2 Å². The summed E-state index contributed by atoms with van der Waals surface area (Å²) in [6.45, 7) is 3.39. The van der Waals surface area contributed by atoms with Crippen LogP contribution in [0, 0.1) is 0 Å². The van der Waals surface area contributed by atoms with Crippen molar-refractivity contribution in [3.8, 4) is 0 Å². The van der Waals surface area contributed by atoms with Gasteiger partial charge < -0.3 is 15.7 Å². The summed E-state index contributed by atoms with van der Waals surface area (Å²) in [5.41, 5.74) is 0.888. The molecule has 7 nitrogen and oxygen atoms in total. The highest BCUT2D eigenvalue weighted by Gasteiger charge is 2.34. The van der Waals surface area contributed by atoms with Crippen LogP contribution in [0.25, 0.3) is 10.1 Å². The fourth-order valence-corrected chi connectivity index (χ4v) is 4.55. The number of benzene rings is 2. The number of nitrogens with one attached hydrogen (secondary N) is 2. The number of aliphatic hydroxyl groups is 1. The van der Waals surface area contributed by atoms with Gasteiger partial charge >= 0.3 is 0 Å². The molecule has 3 aromatic rings. The average molecular weight is 564 g/mol. The molecule has 1 atom stereocenters. The number of carbonyl (C=O) groups is 2. The zero-order chi connectivity index (χ0) is 21.8. The second-order valence-electron chi connectivity index (χ2n) is 7.16. The maximum atomic E-state index is 12.5. The molecule has 2 aromatic carbocycles. The Bertz CT molecular complexity index is 1080. The van der Waals surface area contributed by atoms with Gasteiger partial charge in [-0.25, -0.2) is 0 Å². The van der Waals surface area contributed by atoms with Crippen LogP contribution in [0.2, 0.25) is 0 Å². The van der Waals surface area contributed by atoms with E-state index in [2.05, 4.69) is 15.6 Å². The highest BCUT2D eigenvalue weighted by Crippen LogP contribution is 2.29. The smallest absolute Gasteiger partial charge is 0.261 e. The minimum atomic E-state index is -0.705. The van der Waals surface area contributed by atoms with E-state index in [1.54, 1.807) is 35.6 Å². The van der Waals surface area contributed by atoms with Crippen LogP contribution in [0.5, 0.6) is 0 Å². The molecule has 2 heterocycles. The lowest BCUT2D eigenvalue weighted by Crippen LogP contribution is -2.43. The highest BCUT2D eigenvalue weighted by atomic mass is 127. The van der Waals surface area contributed by atoms with Gasteiger partial charge in [-0.3, -0.25) is 19.5 Å². The molecule has 0 saturated carbocycles. The molecule has 1 aliphatic rings. The molecule has 4 rings (SSSR count). The summed E-state index contributed by atoms with van der Waals surface area (Å²) in [4.78, 5) is 31.5. The van der Waals surface area contributed by atoms with Gasteiger partial charge in [0.1, 0.15) is 6.10 Å². The molecule has 0 bridgehead atoms. The number of aliphatic hydroxyl groups excluding tert-OH is 1. The van der Waals surface area contributed by atoms with Crippen molar-refractivity contribution in [3.05, 3.63) is 70.6 Å². The summed E-state index contributed by atoms with van der Waals surface area (Å²) in [5, 5.41) is 17.9. The van der Waals surface area contributed by atoms with Crippen molar-refractivity contribution in [2.24, 2.45) is 4.99 Å². The minimum Gasteiger partial charge on any atom is -0.386 e. The summed E-state index contributed by atoms with van der Waals surface area (Å²) >= 11 is 1.56. The molecule has 1 aliphatic heterocycles. The lowest BCUT2D eigenvalue weighted by molar-refractivity contribution is 0.0657. The van der Waals surface area contributed by atoms with Gasteiger partial charge in [-0.1, -0.05) is 30.3 Å². The monoisotopic (exact) mass is 564 g/mol. The van der Waals surface area contributed by atoms with Crippen LogP contribution in [0.1, 0.15) is 38.6 Å². The third-order valence-corrected chi connectivity index (χ3v) is 6.26. The van der Waals surface area contributed by atoms with Gasteiger partial charge in [0.15, 0.2) is 5.96 Å². The van der Waals surface area contributed by atoms with Crippen molar-refractivity contribution in [1.29, 1.82) is 0 Å². The fraction of sp³-hybridized carbons (Fsp3) is 0.261. The highest BCUT2D eigenvalue weighted by molar-refractivity contribution is 14.0. The number of aliphatic imine (C=N–C) groups is 1. The maximum absolute atomic E-state index is 12.5. The van der Waals surface area contributed by atoms with Crippen molar-refractivity contribution in [2.75, 3.05) is 26.2 Å². The van der Waals surface area contributed by atoms with Crippen LogP contribution >= 0.6 is 35.3 Å². The van der Waals surface area contributed by atoms with E-state index in [0.29, 0.717) is 30.2 Å². The van der Waals surface area contributed by atoms with Gasteiger partial charge in [0.25, 0.3) is 11.8 Å². The first-order chi connectivity index (χ1) is 15.1. The Labute approximate surface area is 207 Å². The Morgan fingerprint density at radius 1 is 1.06 bits per heavy atom. The van der Waals surface area contributed by atoms with Crippen molar-refractivity contribution in [1.82, 2.24) is 15.5 Å². The molecular formula is C23H25IN4O3S. The number of rotatable bonds is 7. The number of imide groups is 1. The molecule has 1 unspecified atom stereocenters. The Hall–Kier alpha value is -2.50. The van der Waals surface area contributed by atoms with Crippen LogP contribution < -0.4 is 10.6 Å². The quantitative estimate of drug-likeness (QED) is 0.177. The first-order valence-corrected chi connectivity index (χ1v) is 11.0. The number of guanidine groups is 1. The molecule has 0 spiro atoms. The number of hydrogen-bond donors (Lipinski definition) is 3. The van der Waals surface area contributed by atoms with Gasteiger partial charge in [-0.05, 0) is 36.6 Å². The molecule has 32 heavy (non-hydrogen) atoms. The van der Waals surface area contributed by atoms with Gasteiger partial charge in [-0.15, -0.1) is 35.3 Å². The largest absolute Gasteiger partial charge is 0.386 e. The van der Waals surface area contributed by atoms with Crippen LogP contribution in [-0.2, 0) is 0 Å². The lowest BCUT2D eigenvalue weighted by atomic mass is 10.1. The normalized spacial score (nSPS) is 14.3. The molecule has 168 valence electrons. The number of amides is 2. The molecule has 1 aromatic heterocycles. The number of fused-ring (bicyclic) bond motifs is 2. The Morgan fingerprint density at radius 3 is 2.38 bits per heavy atom. The standard InChI is InChI=1S/C23H24N4O3S.HI/c1-2-24-23(26-14-18(28)20-13-15-7-3-6-10-19(15)31-20)25-11-12-27-21(29)16-8-4-5-9-17(16)22(27)30;/h3-10,13,18,28H,2,11-12,14H2,1H3,(H2,24,25,26);1H. The van der Waals surface area contributed by atoms with Crippen molar-refractivity contribution >= 4 is 63.2 Å². The van der Waals surface area contributed by atoms with E-state index in [1.807, 2.05) is 37.3 Å². The molecule has 0 aliphatic carbocycles. The molecule has 3 N–H and O–H groups in total. The number of nitrogens with zero attached hydrogens (tertiary/aromatic N) is 2. The topological polar surface area (TPSA) is 94.0 Å². The second-order valence-corrected chi connectivity index (χ2v) is 8.27. The molecule has 0 saturated heterocycles. The Kier molecular flexibility index (Phi) is 8.21. The first-order valence-electron chi connectivity index (χ1n) is 10.2. The van der Waals surface area contributed by atoms with E-state index in [-0.39, 0.29) is 48.9 Å². The average Bonchev–Trinajstić information content (AvgIpc) is 3.32. The lowest BCUT2D eigenvalue weighted by Gasteiger charge is -2.16. The van der Waals surface area contributed by atoms with Crippen molar-refractivity contribution in [2.45, 2.75) is 13.0 Å². The zero-order valence-corrected chi connectivity index (χ0v) is 20.7. The zero-order valence-electron chi connectivity index (χ0n) is 17.6. The molecule has 9 heteroatoms. The summed E-state index contributed by atoms with van der Waals surface area (Å²) in [6, 6.07) is 16.9. The molecular weight excluding hydrogens is 539 g/mol. The number of carbonyl (C=O) groups excluding carboxylic acids is 2. The first kappa shape index (κ1) is 24.1. The molecule has 2 amide bonds. The summed E-state index contributed by atoms with van der Waals surface area (Å²) in [5.74, 6) is -0.0201. The Balaban J connectivity index is 0.00000289. The SMILES string of the molecule is CCNC(=NCC(O)c1cc2ccccc2s1)NCCN1C(=O)c2ccccc2C1=O.I. The fourth-order valence-electron chi connectivity index (χ4n) is 3.50. The van der Waals surface area contributed by atoms with Gasteiger partial charge in [0.2, 0.25) is 0 Å². The van der Waals surface area contributed by atoms with E-state index in [0.717, 1.165) is 15.0 Å². The van der Waals surface area contributed by atoms with E-state index in [4.69, 9.17) is 0 Å². The van der Waals surface area contributed by atoms with E-state index < -0.39 is 6.10 Å². The number of hydrogen-bond acceptors (Lipinski definition) is 5. The molecule has 0 fully saturated rings. The van der Waals surface area contributed by atoms with E-state index >= 15 is 0 Å². The van der Waals surface area contributed by atoms with Crippen LogP contribution in [0.3, 0.4) is 0 Å². The van der Waals surface area contributed by atoms with Crippen LogP contribution in [0.15, 0.2) is 59.6 Å². The second kappa shape index (κ2) is 10.9. The van der Waals surface area contributed by atoms with E-state index in [1.165, 1.54) is 4.90 Å².